The second-order valence-corrected chi connectivity index (χ2v) is 39.0. The van der Waals surface area contributed by atoms with E-state index in [1.807, 2.05) is 0 Å². The zero-order valence-electron chi connectivity index (χ0n) is 80.9. The Balaban J connectivity index is 0.000000101. The number of para-hydroxylation sites is 10. The van der Waals surface area contributed by atoms with Gasteiger partial charge in [-0.2, -0.15) is 0 Å². The first-order valence-electron chi connectivity index (χ1n) is 51.1. The van der Waals surface area contributed by atoms with Crippen molar-refractivity contribution < 1.29 is 0 Å². The first kappa shape index (κ1) is 84.2. The van der Waals surface area contributed by atoms with Crippen LogP contribution in [0.5, 0.6) is 0 Å². The molecule has 0 saturated carbocycles. The van der Waals surface area contributed by atoms with Crippen molar-refractivity contribution in [2.24, 2.45) is 0 Å². The van der Waals surface area contributed by atoms with Crippen molar-refractivity contribution in [2.45, 2.75) is 0 Å². The molecule has 12 heteroatoms. The fraction of sp³-hybridized carbons (Fsp3) is 0. The maximum absolute atomic E-state index is 5.50. The third-order valence-corrected chi connectivity index (χ3v) is 30.9. The molecule has 33 aromatic rings. The summed E-state index contributed by atoms with van der Waals surface area (Å²) in [6.45, 7) is 0. The van der Waals surface area contributed by atoms with E-state index in [1.54, 1.807) is 0 Å². The highest BCUT2D eigenvalue weighted by Gasteiger charge is 2.29. The lowest BCUT2D eigenvalue weighted by Crippen LogP contribution is -2.04. The zero-order chi connectivity index (χ0) is 98.3. The predicted molar refractivity (Wildman–Crippen MR) is 626 cm³/mol. The van der Waals surface area contributed by atoms with Gasteiger partial charge in [-0.1, -0.05) is 376 Å². The highest BCUT2D eigenvalue weighted by atomic mass is 15.2. The van der Waals surface area contributed by atoms with Crippen LogP contribution in [0.25, 0.3) is 297 Å². The number of benzene rings is 24. The van der Waals surface area contributed by atoms with E-state index in [2.05, 4.69) is 537 Å². The van der Waals surface area contributed by atoms with Crippen LogP contribution in [0.2, 0.25) is 0 Å². The predicted octanol–water partition coefficient (Wildman–Crippen LogP) is 35.4. The summed E-state index contributed by atoms with van der Waals surface area (Å²) in [7, 11) is 0. The molecule has 0 aliphatic heterocycles. The fourth-order valence-corrected chi connectivity index (χ4v) is 24.4. The monoisotopic (exact) mass is 1910 g/mol. The molecule has 9 aromatic heterocycles. The summed E-state index contributed by atoms with van der Waals surface area (Å²) < 4.78 is 13.9. The summed E-state index contributed by atoms with van der Waals surface area (Å²) in [6, 6.07) is 182. The number of aromatic nitrogens is 12. The van der Waals surface area contributed by atoms with Crippen LogP contribution in [0.15, 0.2) is 510 Å². The minimum atomic E-state index is 0.663. The third-order valence-electron chi connectivity index (χ3n) is 30.9. The second-order valence-electron chi connectivity index (χ2n) is 39.0. The van der Waals surface area contributed by atoms with Crippen molar-refractivity contribution in [3.05, 3.63) is 510 Å². The molecule has 9 heterocycles. The molecule has 0 aliphatic rings. The molecule has 696 valence electrons. The first-order chi connectivity index (χ1) is 74.5. The summed E-state index contributed by atoms with van der Waals surface area (Å²) >= 11 is 0. The molecule has 150 heavy (non-hydrogen) atoms. The zero-order valence-corrected chi connectivity index (χ0v) is 80.9. The molecule has 0 radical (unpaired) electrons. The van der Waals surface area contributed by atoms with Gasteiger partial charge in [0.15, 0.2) is 0 Å². The van der Waals surface area contributed by atoms with Crippen LogP contribution in [0, 0.1) is 0 Å². The van der Waals surface area contributed by atoms with Gasteiger partial charge in [0.2, 0.25) is 17.8 Å². The van der Waals surface area contributed by atoms with Crippen molar-refractivity contribution in [3.8, 4) is 68.7 Å². The molecule has 0 N–H and O–H groups in total. The summed E-state index contributed by atoms with van der Waals surface area (Å²) in [4.78, 5) is 32.3. The van der Waals surface area contributed by atoms with E-state index in [0.717, 1.165) is 117 Å². The van der Waals surface area contributed by atoms with E-state index in [4.69, 9.17) is 29.9 Å². The van der Waals surface area contributed by atoms with E-state index in [0.29, 0.717) is 17.8 Å². The van der Waals surface area contributed by atoms with Crippen LogP contribution in [-0.2, 0) is 0 Å². The lowest BCUT2D eigenvalue weighted by Gasteiger charge is -2.14. The summed E-state index contributed by atoms with van der Waals surface area (Å²) in [6.07, 6.45) is 0. The minimum Gasteiger partial charge on any atom is -0.309 e. The normalized spacial score (nSPS) is 12.0. The minimum absolute atomic E-state index is 0.663. The molecule has 0 aliphatic carbocycles. The van der Waals surface area contributed by atoms with Gasteiger partial charge in [0, 0.05) is 125 Å². The number of nitrogens with zero attached hydrogens (tertiary/aromatic N) is 12. The molecule has 0 bridgehead atoms. The molecule has 0 spiro atoms. The first-order valence-corrected chi connectivity index (χ1v) is 51.1. The molecule has 0 saturated heterocycles. The SMILES string of the molecule is c1ccc(-n2c3ccccc3c3cc(-c4nc(-n5c6ccc7ccccc7c6c6c7ccccc7ccc65)nc5ccccc45)ccc32)cc1.c1ccc(-n2c3ccccc3c3cc(-c4nc(-n5c6ccc7ccccc7c6c6ccc7ccccc7c65)nc5ccccc45)ccc32)cc1.c1ccc(-n2c3ccccc3c3cc(-c4nc(-n5c6ccccc6c6c7ccccc7c7ccccc7c65)nc5ccccc45)ccc32)cc1. The molecule has 12 nitrogen and oxygen atoms in total. The fourth-order valence-electron chi connectivity index (χ4n) is 24.4. The number of hydrogen-bond acceptors (Lipinski definition) is 6. The smallest absolute Gasteiger partial charge is 0.235 e. The van der Waals surface area contributed by atoms with E-state index in [9.17, 15) is 0 Å². The topological polar surface area (TPSA) is 107 Å². The van der Waals surface area contributed by atoms with E-state index in [1.165, 1.54) is 162 Å². The maximum Gasteiger partial charge on any atom is 0.235 e. The van der Waals surface area contributed by atoms with Gasteiger partial charge in [-0.15, -0.1) is 0 Å². The summed E-state index contributed by atoms with van der Waals surface area (Å²) in [5.74, 6) is 1.99. The van der Waals surface area contributed by atoms with Gasteiger partial charge in [0.25, 0.3) is 0 Å². The van der Waals surface area contributed by atoms with Gasteiger partial charge in [-0.25, -0.2) is 29.9 Å². The van der Waals surface area contributed by atoms with Crippen molar-refractivity contribution in [1.29, 1.82) is 0 Å². The number of rotatable bonds is 9. The Labute approximate surface area is 857 Å². The van der Waals surface area contributed by atoms with Gasteiger partial charge in [0.05, 0.1) is 99.8 Å². The van der Waals surface area contributed by atoms with Crippen molar-refractivity contribution >= 4 is 228 Å². The number of fused-ring (bicyclic) bond motifs is 34. The van der Waals surface area contributed by atoms with Gasteiger partial charge >= 0.3 is 0 Å². The molecular weight excluding hydrogens is 1830 g/mol. The highest BCUT2D eigenvalue weighted by molar-refractivity contribution is 6.33. The van der Waals surface area contributed by atoms with Gasteiger partial charge in [-0.05, 0) is 187 Å². The Hall–Kier alpha value is -20.3. The summed E-state index contributed by atoms with van der Waals surface area (Å²) in [5, 5.41) is 32.2. The van der Waals surface area contributed by atoms with E-state index >= 15 is 0 Å². The van der Waals surface area contributed by atoms with E-state index < -0.39 is 0 Å². The average Bonchev–Trinajstić information content (AvgIpc) is 1.55. The second kappa shape index (κ2) is 33.6. The largest absolute Gasteiger partial charge is 0.309 e. The van der Waals surface area contributed by atoms with Crippen molar-refractivity contribution in [1.82, 2.24) is 57.3 Å². The Morgan fingerprint density at radius 3 is 0.800 bits per heavy atom. The van der Waals surface area contributed by atoms with Crippen molar-refractivity contribution in [2.75, 3.05) is 0 Å². The van der Waals surface area contributed by atoms with Crippen LogP contribution in [0.4, 0.5) is 0 Å². The average molecular weight is 1910 g/mol. The molecule has 33 rings (SSSR count). The van der Waals surface area contributed by atoms with Crippen LogP contribution in [0.1, 0.15) is 0 Å². The molecule has 0 fully saturated rings. The molecule has 24 aromatic carbocycles. The van der Waals surface area contributed by atoms with Gasteiger partial charge < -0.3 is 13.7 Å². The van der Waals surface area contributed by atoms with Crippen LogP contribution in [0.3, 0.4) is 0 Å². The third kappa shape index (κ3) is 13.0. The molecule has 0 unspecified atom stereocenters. The van der Waals surface area contributed by atoms with Crippen molar-refractivity contribution in [3.63, 3.8) is 0 Å². The van der Waals surface area contributed by atoms with Crippen LogP contribution >= 0.6 is 0 Å². The molecular formula is C138H84N12. The lowest BCUT2D eigenvalue weighted by atomic mass is 9.97. The van der Waals surface area contributed by atoms with Crippen LogP contribution < -0.4 is 0 Å². The summed E-state index contributed by atoms with van der Waals surface area (Å²) in [5.41, 5.74) is 25.8. The van der Waals surface area contributed by atoms with Gasteiger partial charge in [0.1, 0.15) is 0 Å². The Kier molecular flexibility index (Phi) is 18.9. The quantitative estimate of drug-likeness (QED) is 0.133. The lowest BCUT2D eigenvalue weighted by molar-refractivity contribution is 1.01. The maximum atomic E-state index is 5.50. The highest BCUT2D eigenvalue weighted by Crippen LogP contribution is 2.49. The van der Waals surface area contributed by atoms with E-state index in [-0.39, 0.29) is 0 Å². The standard InChI is InChI=1S/3C46H28N4/c1-2-14-30(15-3-1)49-40-24-12-9-18-33(40)38-28-29(26-27-42(38)49)44-36-21-8-11-23-39(36)47-46(48-44)50-41-25-13-10-22-37(41)43-34-19-6-4-16-31(34)32-17-5-7-20-35(32)45(43)50;1-2-14-32(15-3-1)49-39-21-11-9-18-35(39)37-28-31(24-25-40(37)49)45-36-19-8-10-20-38(36)47-46(48-45)50-41-26-22-29-12-4-6-16-33(29)43(41)44-34-17-7-5-13-30(34)23-27-42(44)50;1-2-14-32(15-3-1)49-40-21-11-9-18-35(40)38-28-31(24-26-41(38)49)44-36-19-8-10-20-39(36)47-46(48-44)50-42-27-23-29-12-4-6-16-33(29)43(42)37-25-22-30-13-5-7-17-34(30)45(37)50/h3*1-28H. The Morgan fingerprint density at radius 2 is 0.393 bits per heavy atom. The van der Waals surface area contributed by atoms with Gasteiger partial charge in [-0.3, -0.25) is 13.7 Å². The molecule has 0 atom stereocenters. The molecule has 0 amide bonds. The Morgan fingerprint density at radius 1 is 0.127 bits per heavy atom. The van der Waals surface area contributed by atoms with Crippen LogP contribution in [-0.4, -0.2) is 57.3 Å². The number of hydrogen-bond donors (Lipinski definition) is 0. The Bertz CT molecular complexity index is 11200.